The van der Waals surface area contributed by atoms with Gasteiger partial charge in [0.25, 0.3) is 0 Å². The van der Waals surface area contributed by atoms with Gasteiger partial charge >= 0.3 is 5.97 Å². The Labute approximate surface area is 116 Å². The van der Waals surface area contributed by atoms with E-state index in [-0.39, 0.29) is 5.97 Å². The van der Waals surface area contributed by atoms with Gasteiger partial charge in [-0.1, -0.05) is 31.1 Å². The number of rotatable bonds is 2. The Hall–Kier alpha value is -1.05. The largest absolute Gasteiger partial charge is 0.461 e. The molecule has 0 amide bonds. The molecule has 19 heavy (non-hydrogen) atoms. The molecule has 0 spiro atoms. The van der Waals surface area contributed by atoms with Crippen molar-refractivity contribution >= 4 is 5.97 Å². The SMILES string of the molecule is CC(=O)OC/C(C)=C1\CCC2=CCC[C@@H](C)[C@]2(C)C1. The van der Waals surface area contributed by atoms with Crippen molar-refractivity contribution in [3.05, 3.63) is 22.8 Å². The average Bonchev–Trinajstić information content (AvgIpc) is 2.36. The molecule has 0 heterocycles. The van der Waals surface area contributed by atoms with Gasteiger partial charge in [0.1, 0.15) is 6.61 Å². The molecule has 0 unspecified atom stereocenters. The van der Waals surface area contributed by atoms with E-state index in [0.29, 0.717) is 12.0 Å². The molecule has 1 fully saturated rings. The molecule has 0 aromatic heterocycles. The van der Waals surface area contributed by atoms with E-state index in [1.54, 1.807) is 5.57 Å². The smallest absolute Gasteiger partial charge is 0.302 e. The van der Waals surface area contributed by atoms with Crippen LogP contribution in [0.1, 0.15) is 59.8 Å². The van der Waals surface area contributed by atoms with Crippen molar-refractivity contribution in [2.24, 2.45) is 11.3 Å². The molecule has 0 aromatic carbocycles. The quantitative estimate of drug-likeness (QED) is 0.544. The van der Waals surface area contributed by atoms with Gasteiger partial charge in [-0.05, 0) is 55.9 Å². The zero-order chi connectivity index (χ0) is 14.0. The fraction of sp³-hybridized carbons (Fsp3) is 0.706. The highest BCUT2D eigenvalue weighted by Gasteiger charge is 2.40. The van der Waals surface area contributed by atoms with E-state index in [1.165, 1.54) is 37.3 Å². The van der Waals surface area contributed by atoms with Crippen molar-refractivity contribution in [1.29, 1.82) is 0 Å². The number of carbonyl (C=O) groups is 1. The van der Waals surface area contributed by atoms with Gasteiger partial charge in [-0.2, -0.15) is 0 Å². The summed E-state index contributed by atoms with van der Waals surface area (Å²) in [5, 5.41) is 0. The van der Waals surface area contributed by atoms with Gasteiger partial charge in [-0.15, -0.1) is 0 Å². The van der Waals surface area contributed by atoms with Crippen LogP contribution < -0.4 is 0 Å². The van der Waals surface area contributed by atoms with Crippen LogP contribution in [0.3, 0.4) is 0 Å². The van der Waals surface area contributed by atoms with Gasteiger partial charge in [0.05, 0.1) is 0 Å². The first-order chi connectivity index (χ1) is 8.93. The molecule has 2 atom stereocenters. The molecular formula is C17H26O2. The average molecular weight is 262 g/mol. The molecule has 0 radical (unpaired) electrons. The third-order valence-corrected chi connectivity index (χ3v) is 5.18. The first kappa shape index (κ1) is 14.4. The summed E-state index contributed by atoms with van der Waals surface area (Å²) < 4.78 is 5.14. The molecule has 2 aliphatic rings. The summed E-state index contributed by atoms with van der Waals surface area (Å²) in [5.74, 6) is 0.568. The topological polar surface area (TPSA) is 26.3 Å². The Bertz CT molecular complexity index is 431. The number of fused-ring (bicyclic) bond motifs is 1. The first-order valence-electron chi connectivity index (χ1n) is 7.44. The molecule has 2 nitrogen and oxygen atoms in total. The minimum atomic E-state index is -0.186. The molecule has 2 aliphatic carbocycles. The van der Waals surface area contributed by atoms with Crippen LogP contribution in [0, 0.1) is 11.3 Å². The van der Waals surface area contributed by atoms with Gasteiger partial charge in [0, 0.05) is 6.92 Å². The fourth-order valence-corrected chi connectivity index (χ4v) is 3.54. The predicted molar refractivity (Wildman–Crippen MR) is 77.8 cm³/mol. The summed E-state index contributed by atoms with van der Waals surface area (Å²) in [6.45, 7) is 8.86. The van der Waals surface area contributed by atoms with E-state index in [9.17, 15) is 4.79 Å². The lowest BCUT2D eigenvalue weighted by Crippen LogP contribution is -2.34. The predicted octanol–water partition coefficient (Wildman–Crippen LogP) is 4.41. The van der Waals surface area contributed by atoms with Crippen LogP contribution in [0.4, 0.5) is 0 Å². The molecule has 0 bridgehead atoms. The Morgan fingerprint density at radius 2 is 2.16 bits per heavy atom. The lowest BCUT2D eigenvalue weighted by atomic mass is 9.59. The summed E-state index contributed by atoms with van der Waals surface area (Å²) in [7, 11) is 0. The van der Waals surface area contributed by atoms with Crippen LogP contribution in [0.25, 0.3) is 0 Å². The Morgan fingerprint density at radius 3 is 2.84 bits per heavy atom. The van der Waals surface area contributed by atoms with Gasteiger partial charge in [-0.3, -0.25) is 4.79 Å². The van der Waals surface area contributed by atoms with Gasteiger partial charge < -0.3 is 4.74 Å². The number of allylic oxidation sites excluding steroid dienone is 3. The molecule has 0 aromatic rings. The Morgan fingerprint density at radius 1 is 1.42 bits per heavy atom. The summed E-state index contributed by atoms with van der Waals surface area (Å²) in [6.07, 6.45) is 8.49. The van der Waals surface area contributed by atoms with Crippen molar-refractivity contribution in [2.45, 2.75) is 59.8 Å². The maximum absolute atomic E-state index is 10.9. The van der Waals surface area contributed by atoms with E-state index < -0.39 is 0 Å². The second-order valence-electron chi connectivity index (χ2n) is 6.47. The zero-order valence-electron chi connectivity index (χ0n) is 12.7. The Kier molecular flexibility index (Phi) is 4.17. The van der Waals surface area contributed by atoms with Crippen molar-refractivity contribution < 1.29 is 9.53 Å². The molecule has 2 rings (SSSR count). The van der Waals surface area contributed by atoms with Crippen LogP contribution in [-0.4, -0.2) is 12.6 Å². The molecule has 1 saturated carbocycles. The van der Waals surface area contributed by atoms with Crippen LogP contribution in [0.5, 0.6) is 0 Å². The number of carbonyl (C=O) groups excluding carboxylic acids is 1. The lowest BCUT2D eigenvalue weighted by Gasteiger charge is -2.45. The van der Waals surface area contributed by atoms with Gasteiger partial charge in [0.2, 0.25) is 0 Å². The molecule has 0 saturated heterocycles. The summed E-state index contributed by atoms with van der Waals surface area (Å²) in [4.78, 5) is 10.9. The van der Waals surface area contributed by atoms with Crippen molar-refractivity contribution in [3.8, 4) is 0 Å². The molecular weight excluding hydrogens is 236 g/mol. The normalized spacial score (nSPS) is 33.3. The minimum Gasteiger partial charge on any atom is -0.461 e. The van der Waals surface area contributed by atoms with Gasteiger partial charge in [-0.25, -0.2) is 0 Å². The maximum atomic E-state index is 10.9. The summed E-state index contributed by atoms with van der Waals surface area (Å²) in [5.41, 5.74) is 4.77. The van der Waals surface area contributed by atoms with E-state index in [4.69, 9.17) is 4.74 Å². The second-order valence-corrected chi connectivity index (χ2v) is 6.47. The van der Waals surface area contributed by atoms with E-state index in [1.807, 2.05) is 0 Å². The van der Waals surface area contributed by atoms with Gasteiger partial charge in [0.15, 0.2) is 0 Å². The van der Waals surface area contributed by atoms with Crippen molar-refractivity contribution in [2.75, 3.05) is 6.61 Å². The first-order valence-corrected chi connectivity index (χ1v) is 7.44. The highest BCUT2D eigenvalue weighted by molar-refractivity contribution is 5.66. The maximum Gasteiger partial charge on any atom is 0.302 e. The van der Waals surface area contributed by atoms with Crippen LogP contribution in [-0.2, 0) is 9.53 Å². The third kappa shape index (κ3) is 2.93. The molecule has 0 aliphatic heterocycles. The van der Waals surface area contributed by atoms with Crippen LogP contribution in [0.15, 0.2) is 22.8 Å². The highest BCUT2D eigenvalue weighted by atomic mass is 16.5. The summed E-state index contributed by atoms with van der Waals surface area (Å²) in [6, 6.07) is 0. The minimum absolute atomic E-state index is 0.186. The lowest BCUT2D eigenvalue weighted by molar-refractivity contribution is -0.139. The standard InChI is InChI=1S/C17H26O2/c1-12(11-19-14(3)18)15-8-9-16-7-5-6-13(2)17(16,4)10-15/h7,13H,5-6,8-11H2,1-4H3/b15-12+/t13-,17+/m1/s1. The molecule has 0 N–H and O–H groups in total. The Balaban J connectivity index is 2.15. The molecule has 106 valence electrons. The number of ether oxygens (including phenoxy) is 1. The number of hydrogen-bond acceptors (Lipinski definition) is 2. The highest BCUT2D eigenvalue weighted by Crippen LogP contribution is 2.52. The number of hydrogen-bond donors (Lipinski definition) is 0. The van der Waals surface area contributed by atoms with Crippen molar-refractivity contribution in [3.63, 3.8) is 0 Å². The van der Waals surface area contributed by atoms with E-state index in [2.05, 4.69) is 26.8 Å². The fourth-order valence-electron chi connectivity index (χ4n) is 3.54. The monoisotopic (exact) mass is 262 g/mol. The molecule has 2 heteroatoms. The second kappa shape index (κ2) is 5.52. The third-order valence-electron chi connectivity index (χ3n) is 5.18. The van der Waals surface area contributed by atoms with Crippen molar-refractivity contribution in [1.82, 2.24) is 0 Å². The number of esters is 1. The van der Waals surface area contributed by atoms with E-state index in [0.717, 1.165) is 18.8 Å². The van der Waals surface area contributed by atoms with Crippen LogP contribution in [0.2, 0.25) is 0 Å². The summed E-state index contributed by atoms with van der Waals surface area (Å²) >= 11 is 0. The van der Waals surface area contributed by atoms with Crippen LogP contribution >= 0.6 is 0 Å². The zero-order valence-corrected chi connectivity index (χ0v) is 12.7. The van der Waals surface area contributed by atoms with E-state index >= 15 is 0 Å².